The zero-order chi connectivity index (χ0) is 23.6. The van der Waals surface area contributed by atoms with Crippen LogP contribution in [0.15, 0.2) is 47.3 Å². The van der Waals surface area contributed by atoms with Crippen LogP contribution in [0.4, 0.5) is 0 Å². The van der Waals surface area contributed by atoms with Gasteiger partial charge >= 0.3 is 5.97 Å². The van der Waals surface area contributed by atoms with Crippen molar-refractivity contribution in [3.05, 3.63) is 69.5 Å². The minimum absolute atomic E-state index is 0.0244. The number of aromatic nitrogens is 1. The second-order valence-electron chi connectivity index (χ2n) is 8.49. The maximum absolute atomic E-state index is 13.3. The van der Waals surface area contributed by atoms with Crippen LogP contribution in [0, 0.1) is 0 Å². The number of rotatable bonds is 6. The normalized spacial score (nSPS) is 11.4. The molecule has 3 N–H and O–H groups in total. The van der Waals surface area contributed by atoms with Crippen LogP contribution in [0.3, 0.4) is 0 Å². The minimum atomic E-state index is -1.27. The molecule has 3 aromatic rings. The number of carbonyl (C=O) groups excluding carboxylic acids is 1. The molecule has 1 aromatic heterocycles. The van der Waals surface area contributed by atoms with Gasteiger partial charge in [-0.2, -0.15) is 0 Å². The number of nitrogens with zero attached hydrogens (tertiary/aromatic N) is 1. The highest BCUT2D eigenvalue weighted by Crippen LogP contribution is 2.34. The third-order valence-corrected chi connectivity index (χ3v) is 5.24. The number of carbonyl (C=O) groups is 2. The van der Waals surface area contributed by atoms with Crippen molar-refractivity contribution in [1.82, 2.24) is 9.88 Å². The number of fused-ring (bicyclic) bond motifs is 1. The first-order chi connectivity index (χ1) is 15.0. The molecule has 2 aromatic carbocycles. The number of carboxylic acid groups (broad SMARTS) is 1. The van der Waals surface area contributed by atoms with E-state index in [2.05, 4.69) is 26.1 Å². The highest BCUT2D eigenvalue weighted by atomic mass is 16.5. The van der Waals surface area contributed by atoms with Gasteiger partial charge in [-0.15, -0.1) is 0 Å². The van der Waals surface area contributed by atoms with Gasteiger partial charge in [0.2, 0.25) is 0 Å². The fourth-order valence-electron chi connectivity index (χ4n) is 3.52. The highest BCUT2D eigenvalue weighted by Gasteiger charge is 2.25. The van der Waals surface area contributed by atoms with Gasteiger partial charge in [-0.25, -0.2) is 0 Å². The van der Waals surface area contributed by atoms with E-state index in [0.29, 0.717) is 5.52 Å². The number of aromatic hydroxyl groups is 1. The van der Waals surface area contributed by atoms with Crippen molar-refractivity contribution in [3.63, 3.8) is 0 Å². The largest absolute Gasteiger partial charge is 0.506 e. The Kier molecular flexibility index (Phi) is 6.25. The van der Waals surface area contributed by atoms with Crippen molar-refractivity contribution in [3.8, 4) is 11.5 Å². The average Bonchev–Trinajstić information content (AvgIpc) is 2.74. The summed E-state index contributed by atoms with van der Waals surface area (Å²) >= 11 is 0. The molecular weight excluding hydrogens is 412 g/mol. The van der Waals surface area contributed by atoms with Crippen LogP contribution in [-0.2, 0) is 16.8 Å². The zero-order valence-electron chi connectivity index (χ0n) is 18.4. The molecule has 1 amide bonds. The van der Waals surface area contributed by atoms with Crippen molar-refractivity contribution in [2.24, 2.45) is 0 Å². The van der Waals surface area contributed by atoms with Gasteiger partial charge in [0.25, 0.3) is 11.5 Å². The summed E-state index contributed by atoms with van der Waals surface area (Å²) in [7, 11) is 1.42. The number of hydrogen-bond acceptors (Lipinski definition) is 5. The standard InChI is InChI=1S/C24H26N2O6/c1-24(2,3)15-10-8-14(9-11-15)13-26-16-6-5-7-17(32-4)19(16)21(29)20(23(26)31)22(30)25-12-18(27)28/h5-11,29H,12-13H2,1-4H3,(H,25,30)(H,27,28). The van der Waals surface area contributed by atoms with Crippen LogP contribution in [-0.4, -0.2) is 40.3 Å². The summed E-state index contributed by atoms with van der Waals surface area (Å²) in [6.07, 6.45) is 0. The summed E-state index contributed by atoms with van der Waals surface area (Å²) in [6.45, 7) is 5.78. The molecule has 0 bridgehead atoms. The molecule has 8 heteroatoms. The average molecular weight is 438 g/mol. The van der Waals surface area contributed by atoms with Crippen LogP contribution in [0.25, 0.3) is 10.9 Å². The molecule has 0 atom stereocenters. The van der Waals surface area contributed by atoms with Crippen molar-refractivity contribution in [2.75, 3.05) is 13.7 Å². The summed E-state index contributed by atoms with van der Waals surface area (Å²) in [5, 5.41) is 22.0. The van der Waals surface area contributed by atoms with Gasteiger partial charge in [0.05, 0.1) is 24.6 Å². The summed E-state index contributed by atoms with van der Waals surface area (Å²) in [5.74, 6) is -2.51. The van der Waals surface area contributed by atoms with Crippen molar-refractivity contribution < 1.29 is 24.5 Å². The lowest BCUT2D eigenvalue weighted by atomic mass is 9.87. The Morgan fingerprint density at radius 2 is 1.75 bits per heavy atom. The molecule has 0 aliphatic rings. The molecule has 0 spiro atoms. The van der Waals surface area contributed by atoms with E-state index in [1.54, 1.807) is 18.2 Å². The summed E-state index contributed by atoms with van der Waals surface area (Å²) < 4.78 is 6.71. The van der Waals surface area contributed by atoms with Crippen LogP contribution in [0.1, 0.15) is 42.3 Å². The van der Waals surface area contributed by atoms with Gasteiger partial charge < -0.3 is 24.8 Å². The van der Waals surface area contributed by atoms with E-state index in [1.165, 1.54) is 11.7 Å². The van der Waals surface area contributed by atoms with E-state index in [9.17, 15) is 19.5 Å². The van der Waals surface area contributed by atoms with E-state index in [1.807, 2.05) is 24.3 Å². The molecule has 3 rings (SSSR count). The number of hydrogen-bond donors (Lipinski definition) is 3. The first-order valence-electron chi connectivity index (χ1n) is 10.1. The predicted octanol–water partition coefficient (Wildman–Crippen LogP) is 2.88. The maximum Gasteiger partial charge on any atom is 0.322 e. The van der Waals surface area contributed by atoms with Gasteiger partial charge in [0, 0.05) is 0 Å². The Hall–Kier alpha value is -3.81. The van der Waals surface area contributed by atoms with Gasteiger partial charge in [-0.05, 0) is 28.7 Å². The van der Waals surface area contributed by atoms with Crippen molar-refractivity contribution >= 4 is 22.8 Å². The van der Waals surface area contributed by atoms with Crippen molar-refractivity contribution in [1.29, 1.82) is 0 Å². The van der Waals surface area contributed by atoms with Crippen LogP contribution < -0.4 is 15.6 Å². The molecule has 0 aliphatic carbocycles. The lowest BCUT2D eigenvalue weighted by molar-refractivity contribution is -0.135. The van der Waals surface area contributed by atoms with Crippen LogP contribution in [0.5, 0.6) is 11.5 Å². The first-order valence-corrected chi connectivity index (χ1v) is 10.1. The molecule has 0 radical (unpaired) electrons. The van der Waals surface area contributed by atoms with E-state index >= 15 is 0 Å². The summed E-state index contributed by atoms with van der Waals surface area (Å²) in [4.78, 5) is 36.7. The molecule has 32 heavy (non-hydrogen) atoms. The maximum atomic E-state index is 13.3. The Bertz CT molecular complexity index is 1240. The number of benzene rings is 2. The van der Waals surface area contributed by atoms with Crippen LogP contribution in [0.2, 0.25) is 0 Å². The second-order valence-corrected chi connectivity index (χ2v) is 8.49. The Balaban J connectivity index is 2.19. The molecule has 1 heterocycles. The fourth-order valence-corrected chi connectivity index (χ4v) is 3.52. The summed E-state index contributed by atoms with van der Waals surface area (Å²) in [6, 6.07) is 12.7. The number of methoxy groups -OCH3 is 1. The monoisotopic (exact) mass is 438 g/mol. The third-order valence-electron chi connectivity index (χ3n) is 5.24. The SMILES string of the molecule is COc1cccc2c1c(O)c(C(=O)NCC(=O)O)c(=O)n2Cc1ccc(C(C)(C)C)cc1. The molecule has 168 valence electrons. The van der Waals surface area contributed by atoms with Crippen LogP contribution >= 0.6 is 0 Å². The minimum Gasteiger partial charge on any atom is -0.506 e. The Labute approximate surface area is 185 Å². The Morgan fingerprint density at radius 1 is 1.09 bits per heavy atom. The first kappa shape index (κ1) is 22.9. The molecule has 8 nitrogen and oxygen atoms in total. The van der Waals surface area contributed by atoms with E-state index < -0.39 is 35.3 Å². The fraction of sp³-hybridized carbons (Fsp3) is 0.292. The lowest BCUT2D eigenvalue weighted by Gasteiger charge is -2.20. The predicted molar refractivity (Wildman–Crippen MR) is 121 cm³/mol. The molecule has 0 fully saturated rings. The summed E-state index contributed by atoms with van der Waals surface area (Å²) in [5.41, 5.74) is 1.07. The van der Waals surface area contributed by atoms with E-state index in [-0.39, 0.29) is 23.1 Å². The van der Waals surface area contributed by atoms with E-state index in [4.69, 9.17) is 9.84 Å². The zero-order valence-corrected chi connectivity index (χ0v) is 18.4. The number of aliphatic carboxylic acids is 1. The smallest absolute Gasteiger partial charge is 0.322 e. The highest BCUT2D eigenvalue weighted by molar-refractivity contribution is 6.04. The van der Waals surface area contributed by atoms with Gasteiger partial charge in [0.1, 0.15) is 23.6 Å². The molecule has 0 aliphatic heterocycles. The van der Waals surface area contributed by atoms with Gasteiger partial charge in [-0.1, -0.05) is 51.1 Å². The molecule has 0 saturated carbocycles. The third kappa shape index (κ3) is 4.44. The number of amides is 1. The second kappa shape index (κ2) is 8.74. The number of carboxylic acids is 1. The number of ether oxygens (including phenoxy) is 1. The number of pyridine rings is 1. The quantitative estimate of drug-likeness (QED) is 0.545. The molecule has 0 saturated heterocycles. The van der Waals surface area contributed by atoms with Crippen molar-refractivity contribution in [2.45, 2.75) is 32.7 Å². The lowest BCUT2D eigenvalue weighted by Crippen LogP contribution is -2.36. The van der Waals surface area contributed by atoms with E-state index in [0.717, 1.165) is 11.1 Å². The van der Waals surface area contributed by atoms with Gasteiger partial charge in [0.15, 0.2) is 0 Å². The Morgan fingerprint density at radius 3 is 2.31 bits per heavy atom. The molecular formula is C24H26N2O6. The molecule has 0 unspecified atom stereocenters. The number of nitrogens with one attached hydrogen (secondary N) is 1. The topological polar surface area (TPSA) is 118 Å². The van der Waals surface area contributed by atoms with Gasteiger partial charge in [-0.3, -0.25) is 14.4 Å².